The Hall–Kier alpha value is -0.820. The van der Waals surface area contributed by atoms with Gasteiger partial charge >= 0.3 is 0 Å². The molecule has 0 radical (unpaired) electrons. The summed E-state index contributed by atoms with van der Waals surface area (Å²) in [6.45, 7) is 0. The minimum atomic E-state index is 0.199. The van der Waals surface area contributed by atoms with Gasteiger partial charge in [0, 0.05) is 24.3 Å². The van der Waals surface area contributed by atoms with E-state index in [0.29, 0.717) is 12.8 Å². The van der Waals surface area contributed by atoms with Crippen LogP contribution in [0.4, 0.5) is 0 Å². The molecule has 0 heterocycles. The van der Waals surface area contributed by atoms with E-state index in [-0.39, 0.29) is 10.2 Å². The summed E-state index contributed by atoms with van der Waals surface area (Å²) in [5.41, 5.74) is 2.46. The molecule has 2 rings (SSSR count). The number of carbonyl (C=O) groups is 2. The summed E-state index contributed by atoms with van der Waals surface area (Å²) in [5, 5.41) is 0.397. The Morgan fingerprint density at radius 3 is 1.38 bits per heavy atom. The number of hydrogen-bond donors (Lipinski definition) is 0. The second kappa shape index (κ2) is 13.4. The maximum atomic E-state index is 11.9. The topological polar surface area (TPSA) is 34.1 Å². The van der Waals surface area contributed by atoms with Crippen molar-refractivity contribution < 1.29 is 9.59 Å². The highest BCUT2D eigenvalue weighted by atomic mass is 33.1. The second-order valence-electron chi connectivity index (χ2n) is 5.61. The van der Waals surface area contributed by atoms with E-state index in [1.165, 1.54) is 32.7 Å². The Labute approximate surface area is 171 Å². The Kier molecular flexibility index (Phi) is 11.0. The van der Waals surface area contributed by atoms with Gasteiger partial charge in [0.1, 0.15) is 0 Å². The van der Waals surface area contributed by atoms with E-state index in [2.05, 4.69) is 24.3 Å². The number of benzene rings is 2. The van der Waals surface area contributed by atoms with E-state index in [1.807, 2.05) is 36.4 Å². The lowest BCUT2D eigenvalue weighted by Crippen LogP contribution is -1.93. The van der Waals surface area contributed by atoms with Gasteiger partial charge in [0.25, 0.3) is 0 Å². The van der Waals surface area contributed by atoms with Gasteiger partial charge in [0.15, 0.2) is 10.2 Å². The second-order valence-corrected chi connectivity index (χ2v) is 10.3. The summed E-state index contributed by atoms with van der Waals surface area (Å²) < 4.78 is 0. The highest BCUT2D eigenvalue weighted by molar-refractivity contribution is 8.82. The van der Waals surface area contributed by atoms with E-state index in [1.54, 1.807) is 21.6 Å². The smallest absolute Gasteiger partial charge is 0.199 e. The molecule has 0 aliphatic rings. The summed E-state index contributed by atoms with van der Waals surface area (Å²) in [6.07, 6.45) is 2.66. The molecule has 0 amide bonds. The normalized spacial score (nSPS) is 10.6. The fourth-order valence-corrected chi connectivity index (χ4v) is 6.05. The minimum Gasteiger partial charge on any atom is -0.286 e. The van der Waals surface area contributed by atoms with E-state index in [4.69, 9.17) is 0 Å². The zero-order valence-electron chi connectivity index (χ0n) is 14.5. The van der Waals surface area contributed by atoms with Crippen molar-refractivity contribution in [2.45, 2.75) is 37.2 Å². The number of rotatable bonds is 11. The predicted octanol–water partition coefficient (Wildman–Crippen LogP) is 6.76. The average Bonchev–Trinajstić information content (AvgIpc) is 2.67. The maximum Gasteiger partial charge on any atom is 0.199 e. The molecule has 0 saturated carbocycles. The first-order valence-corrected chi connectivity index (χ1v) is 13.1. The molecule has 138 valence electrons. The van der Waals surface area contributed by atoms with Gasteiger partial charge in [-0.2, -0.15) is 0 Å². The van der Waals surface area contributed by atoms with E-state index < -0.39 is 0 Å². The van der Waals surface area contributed by atoms with Crippen molar-refractivity contribution in [1.29, 1.82) is 0 Å². The molecule has 0 aliphatic carbocycles. The zero-order valence-corrected chi connectivity index (χ0v) is 17.7. The van der Waals surface area contributed by atoms with Crippen LogP contribution in [-0.2, 0) is 21.1 Å². The zero-order chi connectivity index (χ0) is 18.5. The van der Waals surface area contributed by atoms with Crippen molar-refractivity contribution >= 4 is 53.4 Å². The Morgan fingerprint density at radius 2 is 1.00 bits per heavy atom. The first-order valence-electron chi connectivity index (χ1n) is 8.46. The highest BCUT2D eigenvalue weighted by Crippen LogP contribution is 2.30. The molecule has 2 nitrogen and oxygen atoms in total. The molecule has 26 heavy (non-hydrogen) atoms. The van der Waals surface area contributed by atoms with E-state index in [9.17, 15) is 9.59 Å². The van der Waals surface area contributed by atoms with Crippen LogP contribution < -0.4 is 0 Å². The minimum absolute atomic E-state index is 0.199. The first-order chi connectivity index (χ1) is 12.7. The van der Waals surface area contributed by atoms with E-state index in [0.717, 1.165) is 24.3 Å². The molecule has 0 aliphatic heterocycles. The van der Waals surface area contributed by atoms with Crippen molar-refractivity contribution in [2.24, 2.45) is 0 Å². The summed E-state index contributed by atoms with van der Waals surface area (Å²) in [7, 11) is 5.81. The maximum absolute atomic E-state index is 11.9. The highest BCUT2D eigenvalue weighted by Gasteiger charge is 2.07. The van der Waals surface area contributed by atoms with Crippen LogP contribution in [0.3, 0.4) is 0 Å². The van der Waals surface area contributed by atoms with Crippen LogP contribution >= 0.6 is 43.2 Å². The molecule has 0 fully saturated rings. The van der Waals surface area contributed by atoms with Gasteiger partial charge in [0.2, 0.25) is 0 Å². The number of unbranched alkanes of at least 4 members (excludes halogenated alkanes) is 1. The number of carbonyl (C=O) groups excluding carboxylic acids is 2. The van der Waals surface area contributed by atoms with Gasteiger partial charge in [0.05, 0.1) is 0 Å². The molecule has 2 aromatic rings. The summed E-state index contributed by atoms with van der Waals surface area (Å²) in [5.74, 6) is 1.68. The van der Waals surface area contributed by atoms with Gasteiger partial charge in [-0.25, -0.2) is 0 Å². The summed E-state index contributed by atoms with van der Waals surface area (Å²) in [4.78, 5) is 23.7. The van der Waals surface area contributed by atoms with Gasteiger partial charge in [-0.3, -0.25) is 9.59 Å². The Balaban J connectivity index is 1.46. The molecule has 0 spiro atoms. The molecule has 0 atom stereocenters. The largest absolute Gasteiger partial charge is 0.286 e. The lowest BCUT2D eigenvalue weighted by molar-refractivity contribution is -0.112. The fraction of sp³-hybridized carbons (Fsp3) is 0.300. The van der Waals surface area contributed by atoms with Crippen molar-refractivity contribution in [1.82, 2.24) is 0 Å². The average molecular weight is 423 g/mol. The van der Waals surface area contributed by atoms with Crippen molar-refractivity contribution in [2.75, 3.05) is 0 Å². The molecular weight excluding hydrogens is 400 g/mol. The van der Waals surface area contributed by atoms with Crippen LogP contribution in [0, 0.1) is 0 Å². The standard InChI is InChI=1S/C20H22O2S4/c21-19(25-23-15-17-9-3-1-4-10-17)13-7-8-14-20(22)26-24-16-18-11-5-2-6-12-18/h1-6,9-12H,7-8,13-16H2. The lowest BCUT2D eigenvalue weighted by atomic mass is 10.2. The van der Waals surface area contributed by atoms with Gasteiger partial charge in [-0.15, -0.1) is 0 Å². The van der Waals surface area contributed by atoms with Gasteiger partial charge in [-0.1, -0.05) is 82.3 Å². The third-order valence-corrected chi connectivity index (χ3v) is 7.90. The fourth-order valence-electron chi connectivity index (χ4n) is 2.10. The SMILES string of the molecule is O=C(CCCCC(=O)SSCc1ccccc1)SSCc1ccccc1. The van der Waals surface area contributed by atoms with Crippen LogP contribution in [0.15, 0.2) is 60.7 Å². The van der Waals surface area contributed by atoms with Crippen molar-refractivity contribution in [3.8, 4) is 0 Å². The monoisotopic (exact) mass is 422 g/mol. The molecule has 0 bridgehead atoms. The van der Waals surface area contributed by atoms with Crippen LogP contribution in [0.1, 0.15) is 36.8 Å². The molecule has 0 N–H and O–H groups in total. The van der Waals surface area contributed by atoms with Crippen LogP contribution in [0.2, 0.25) is 0 Å². The quantitative estimate of drug-likeness (QED) is 0.294. The van der Waals surface area contributed by atoms with Crippen LogP contribution in [0.25, 0.3) is 0 Å². The molecule has 0 aromatic heterocycles. The molecule has 0 unspecified atom stereocenters. The Morgan fingerprint density at radius 1 is 0.615 bits per heavy atom. The molecular formula is C20H22O2S4. The lowest BCUT2D eigenvalue weighted by Gasteiger charge is -2.02. The van der Waals surface area contributed by atoms with Crippen LogP contribution in [-0.4, -0.2) is 10.2 Å². The number of hydrogen-bond acceptors (Lipinski definition) is 6. The van der Waals surface area contributed by atoms with Gasteiger partial charge < -0.3 is 0 Å². The van der Waals surface area contributed by atoms with Crippen LogP contribution in [0.5, 0.6) is 0 Å². The molecule has 2 aromatic carbocycles. The third kappa shape index (κ3) is 9.76. The molecule has 6 heteroatoms. The third-order valence-electron chi connectivity index (χ3n) is 3.45. The summed E-state index contributed by atoms with van der Waals surface area (Å²) >= 11 is 0. The predicted molar refractivity (Wildman–Crippen MR) is 119 cm³/mol. The first kappa shape index (κ1) is 21.5. The van der Waals surface area contributed by atoms with E-state index >= 15 is 0 Å². The van der Waals surface area contributed by atoms with Crippen molar-refractivity contribution in [3.63, 3.8) is 0 Å². The Bertz CT molecular complexity index is 603. The molecule has 0 saturated heterocycles. The van der Waals surface area contributed by atoms with Gasteiger partial charge in [-0.05, 0) is 45.6 Å². The summed E-state index contributed by atoms with van der Waals surface area (Å²) in [6, 6.07) is 20.3. The van der Waals surface area contributed by atoms with Crippen molar-refractivity contribution in [3.05, 3.63) is 71.8 Å².